The molecule has 1 aliphatic rings. The van der Waals surface area contributed by atoms with Gasteiger partial charge >= 0.3 is 0 Å². The van der Waals surface area contributed by atoms with Gasteiger partial charge in [0.1, 0.15) is 24.4 Å². The Hall–Kier alpha value is -2.89. The van der Waals surface area contributed by atoms with Crippen molar-refractivity contribution in [3.05, 3.63) is 97.2 Å². The number of ether oxygens (including phenoxy) is 2. The number of hydrogen-bond acceptors (Lipinski definition) is 8. The first-order chi connectivity index (χ1) is 40.3. The molecule has 9 heteroatoms. The summed E-state index contributed by atoms with van der Waals surface area (Å²) in [6.07, 6.45) is 82.2. The summed E-state index contributed by atoms with van der Waals surface area (Å²) in [4.78, 5) is 13.1. The van der Waals surface area contributed by atoms with Gasteiger partial charge in [-0.05, 0) is 89.9 Å². The monoisotopic (exact) mass is 1150 g/mol. The minimum atomic E-state index is -1.58. The molecule has 9 nitrogen and oxygen atoms in total. The molecule has 6 N–H and O–H groups in total. The van der Waals surface area contributed by atoms with Gasteiger partial charge in [0.15, 0.2) is 6.29 Å². The number of carbonyl (C=O) groups is 1. The number of carbonyl (C=O) groups excluding carboxylic acids is 1. The second kappa shape index (κ2) is 61.2. The lowest BCUT2D eigenvalue weighted by Crippen LogP contribution is -2.60. The summed E-state index contributed by atoms with van der Waals surface area (Å²) in [5.74, 6) is -0.191. The Morgan fingerprint density at radius 3 is 1.17 bits per heavy atom. The van der Waals surface area contributed by atoms with Crippen molar-refractivity contribution < 1.29 is 39.8 Å². The topological polar surface area (TPSA) is 149 Å². The molecule has 1 heterocycles. The van der Waals surface area contributed by atoms with Crippen LogP contribution in [-0.4, -0.2) is 87.5 Å². The number of amides is 1. The maximum atomic E-state index is 13.1. The van der Waals surface area contributed by atoms with Crippen molar-refractivity contribution >= 4 is 5.91 Å². The molecule has 1 amide bonds. The van der Waals surface area contributed by atoms with Gasteiger partial charge < -0.3 is 40.3 Å². The van der Waals surface area contributed by atoms with Crippen molar-refractivity contribution in [3.8, 4) is 0 Å². The van der Waals surface area contributed by atoms with Crippen LogP contribution in [0.5, 0.6) is 0 Å². The van der Waals surface area contributed by atoms with E-state index in [1.54, 1.807) is 6.08 Å². The molecule has 0 spiro atoms. The molecule has 0 bridgehead atoms. The van der Waals surface area contributed by atoms with Crippen molar-refractivity contribution in [3.63, 3.8) is 0 Å². The van der Waals surface area contributed by atoms with E-state index in [0.29, 0.717) is 6.42 Å². The molecule has 0 saturated carbocycles. The second-order valence-corrected chi connectivity index (χ2v) is 23.6. The average Bonchev–Trinajstić information content (AvgIpc) is 3.52. The minimum Gasteiger partial charge on any atom is -0.394 e. The first-order valence-electron chi connectivity index (χ1n) is 34.5. The molecular formula is C73H129NO8. The van der Waals surface area contributed by atoms with Gasteiger partial charge in [-0.1, -0.05) is 304 Å². The number of allylic oxidation sites excluding steroid dienone is 15. The van der Waals surface area contributed by atoms with E-state index in [2.05, 4.69) is 104 Å². The molecule has 1 rings (SSSR count). The van der Waals surface area contributed by atoms with Crippen LogP contribution in [0.2, 0.25) is 0 Å². The molecule has 0 aliphatic carbocycles. The molecule has 0 radical (unpaired) electrons. The lowest BCUT2D eigenvalue weighted by molar-refractivity contribution is -0.302. The predicted octanol–water partition coefficient (Wildman–Crippen LogP) is 18.7. The average molecular weight is 1150 g/mol. The molecule has 82 heavy (non-hydrogen) atoms. The molecule has 474 valence electrons. The Labute approximate surface area is 504 Å². The van der Waals surface area contributed by atoms with Crippen molar-refractivity contribution in [2.45, 2.75) is 346 Å². The van der Waals surface area contributed by atoms with Gasteiger partial charge in [0.05, 0.1) is 25.4 Å². The number of nitrogens with one attached hydrogen (secondary N) is 1. The molecule has 1 saturated heterocycles. The summed E-state index contributed by atoms with van der Waals surface area (Å²) < 4.78 is 11.3. The highest BCUT2D eigenvalue weighted by atomic mass is 16.7. The summed E-state index contributed by atoms with van der Waals surface area (Å²) in [5.41, 5.74) is 0. The number of rotatable bonds is 59. The fourth-order valence-corrected chi connectivity index (χ4v) is 10.5. The summed E-state index contributed by atoms with van der Waals surface area (Å²) in [5, 5.41) is 54.7. The maximum absolute atomic E-state index is 13.1. The molecule has 1 fully saturated rings. The van der Waals surface area contributed by atoms with E-state index in [-0.39, 0.29) is 12.5 Å². The van der Waals surface area contributed by atoms with Crippen molar-refractivity contribution in [1.29, 1.82) is 0 Å². The quantitative estimate of drug-likeness (QED) is 0.0261. The van der Waals surface area contributed by atoms with Crippen LogP contribution in [0.25, 0.3) is 0 Å². The molecule has 7 atom stereocenters. The Morgan fingerprint density at radius 2 is 0.768 bits per heavy atom. The zero-order valence-electron chi connectivity index (χ0n) is 53.0. The normalized spacial score (nSPS) is 18.9. The van der Waals surface area contributed by atoms with Crippen LogP contribution in [0.1, 0.15) is 303 Å². The summed E-state index contributed by atoms with van der Waals surface area (Å²) in [7, 11) is 0. The maximum Gasteiger partial charge on any atom is 0.220 e. The van der Waals surface area contributed by atoms with Crippen LogP contribution < -0.4 is 5.32 Å². The Bertz CT molecular complexity index is 1620. The summed E-state index contributed by atoms with van der Waals surface area (Å²) in [6, 6.07) is -0.835. The lowest BCUT2D eigenvalue weighted by Gasteiger charge is -2.40. The third kappa shape index (κ3) is 49.4. The zero-order chi connectivity index (χ0) is 59.3. The van der Waals surface area contributed by atoms with Crippen LogP contribution in [0.4, 0.5) is 0 Å². The van der Waals surface area contributed by atoms with E-state index in [1.807, 2.05) is 6.08 Å². The summed E-state index contributed by atoms with van der Waals surface area (Å²) >= 11 is 0. The van der Waals surface area contributed by atoms with E-state index in [0.717, 1.165) is 77.0 Å². The first-order valence-corrected chi connectivity index (χ1v) is 34.5. The Morgan fingerprint density at radius 1 is 0.427 bits per heavy atom. The van der Waals surface area contributed by atoms with E-state index in [9.17, 15) is 30.3 Å². The largest absolute Gasteiger partial charge is 0.394 e. The zero-order valence-corrected chi connectivity index (χ0v) is 53.0. The van der Waals surface area contributed by atoms with Gasteiger partial charge in [0, 0.05) is 6.42 Å². The highest BCUT2D eigenvalue weighted by molar-refractivity contribution is 5.76. The van der Waals surface area contributed by atoms with Crippen molar-refractivity contribution in [2.24, 2.45) is 0 Å². The molecule has 0 aromatic carbocycles. The van der Waals surface area contributed by atoms with Crippen LogP contribution in [0.3, 0.4) is 0 Å². The highest BCUT2D eigenvalue weighted by Crippen LogP contribution is 2.23. The van der Waals surface area contributed by atoms with Gasteiger partial charge in [-0.3, -0.25) is 4.79 Å². The number of aliphatic hydroxyl groups is 5. The smallest absolute Gasteiger partial charge is 0.220 e. The molecule has 1 aliphatic heterocycles. The minimum absolute atomic E-state index is 0.191. The van der Waals surface area contributed by atoms with Crippen LogP contribution in [-0.2, 0) is 14.3 Å². The molecule has 0 aromatic rings. The number of hydrogen-bond donors (Lipinski definition) is 6. The van der Waals surface area contributed by atoms with Gasteiger partial charge in [-0.25, -0.2) is 0 Å². The standard InChI is InChI=1S/C73H129NO8/c1-3-5-7-9-11-13-15-17-19-21-23-25-27-29-31-33-34-35-37-39-41-43-45-47-49-51-53-55-57-59-61-63-69(77)74-66(65-81-73-72(80)71(79)70(78)68(64-75)82-73)67(76)62-60-58-56-54-52-50-48-46-44-42-40-38-36-32-30-28-26-24-22-20-18-16-14-12-10-8-6-4-2/h5,7,11,13,17,19,23,25,29,31,44,46,52,54,60,62,66-68,70-73,75-76,78-80H,3-4,6,8-10,12,14-16,18,20-22,24,26-28,30,32-43,45,47-51,53,55-59,61,63-65H2,1-2H3,(H,74,77)/b7-5-,13-11-,19-17-,25-23-,31-29-,46-44+,54-52+,62-60+. The fraction of sp³-hybridized carbons (Fsp3) is 0.767. The van der Waals surface area contributed by atoms with Gasteiger partial charge in [-0.15, -0.1) is 0 Å². The molecule has 0 aromatic heterocycles. The Kier molecular flexibility index (Phi) is 57.6. The van der Waals surface area contributed by atoms with E-state index in [4.69, 9.17) is 9.47 Å². The Balaban J connectivity index is 2.18. The lowest BCUT2D eigenvalue weighted by atomic mass is 9.99. The highest BCUT2D eigenvalue weighted by Gasteiger charge is 2.44. The third-order valence-electron chi connectivity index (χ3n) is 15.9. The first kappa shape index (κ1) is 77.1. The van der Waals surface area contributed by atoms with Crippen molar-refractivity contribution in [2.75, 3.05) is 13.2 Å². The van der Waals surface area contributed by atoms with Gasteiger partial charge in [-0.2, -0.15) is 0 Å². The van der Waals surface area contributed by atoms with Gasteiger partial charge in [0.25, 0.3) is 0 Å². The predicted molar refractivity (Wildman–Crippen MR) is 350 cm³/mol. The summed E-state index contributed by atoms with van der Waals surface area (Å²) in [6.45, 7) is 3.67. The fourth-order valence-electron chi connectivity index (χ4n) is 10.5. The molecular weight excluding hydrogens is 1020 g/mol. The molecule has 7 unspecified atom stereocenters. The van der Waals surface area contributed by atoms with Crippen LogP contribution >= 0.6 is 0 Å². The second-order valence-electron chi connectivity index (χ2n) is 23.6. The van der Waals surface area contributed by atoms with Crippen molar-refractivity contribution in [1.82, 2.24) is 5.32 Å². The van der Waals surface area contributed by atoms with E-state index >= 15 is 0 Å². The van der Waals surface area contributed by atoms with E-state index < -0.39 is 49.5 Å². The van der Waals surface area contributed by atoms with Crippen LogP contribution in [0.15, 0.2) is 97.2 Å². The SMILES string of the molecule is CC/C=C\C/C=C\C/C=C\C/C=C\C/C=C\CCCCCCCCCCCCCCCCCC(=O)NC(COC1OC(CO)C(O)C(O)C1O)C(O)/C=C/CC/C=C/CC/C=C/CCCCCCCCCCCCCCCCCCCC. The van der Waals surface area contributed by atoms with Gasteiger partial charge in [0.2, 0.25) is 5.91 Å². The third-order valence-corrected chi connectivity index (χ3v) is 15.9. The van der Waals surface area contributed by atoms with Crippen LogP contribution in [0, 0.1) is 0 Å². The number of aliphatic hydroxyl groups excluding tert-OH is 5. The number of unbranched alkanes of at least 4 members (excludes halogenated alkanes) is 35. The van der Waals surface area contributed by atoms with E-state index in [1.165, 1.54) is 205 Å².